The van der Waals surface area contributed by atoms with Crippen molar-refractivity contribution < 1.29 is 9.90 Å². The first-order chi connectivity index (χ1) is 9.70. The molecule has 0 saturated carbocycles. The Balaban J connectivity index is 1.94. The zero-order valence-electron chi connectivity index (χ0n) is 11.4. The minimum absolute atomic E-state index is 0.0837. The molecule has 5 heteroatoms. The van der Waals surface area contributed by atoms with Gasteiger partial charge in [0.1, 0.15) is 0 Å². The van der Waals surface area contributed by atoms with Crippen LogP contribution in [0.4, 0.5) is 0 Å². The fraction of sp³-hybridized carbons (Fsp3) is 0.333. The van der Waals surface area contributed by atoms with Gasteiger partial charge in [0.15, 0.2) is 0 Å². The monoisotopic (exact) mass is 290 g/mol. The van der Waals surface area contributed by atoms with Gasteiger partial charge in [-0.25, -0.2) is 4.98 Å². The lowest BCUT2D eigenvalue weighted by Crippen LogP contribution is -2.28. The molecule has 4 nitrogen and oxygen atoms in total. The molecule has 1 unspecified atom stereocenters. The number of aliphatic hydroxyl groups is 1. The summed E-state index contributed by atoms with van der Waals surface area (Å²) in [6.07, 6.45) is 0.697. The lowest BCUT2D eigenvalue weighted by Gasteiger charge is -2.11. The molecule has 0 spiro atoms. The molecule has 2 N–H and O–H groups in total. The predicted molar refractivity (Wildman–Crippen MR) is 80.8 cm³/mol. The third-order valence-electron chi connectivity index (χ3n) is 3.11. The molecule has 1 aromatic heterocycles. The zero-order chi connectivity index (χ0) is 14.4. The highest BCUT2D eigenvalue weighted by molar-refractivity contribution is 7.07. The van der Waals surface area contributed by atoms with E-state index >= 15 is 0 Å². The Hall–Kier alpha value is -1.72. The highest BCUT2D eigenvalue weighted by Gasteiger charge is 2.08. The summed E-state index contributed by atoms with van der Waals surface area (Å²) in [6, 6.07) is 7.42. The van der Waals surface area contributed by atoms with Crippen molar-refractivity contribution in [3.8, 4) is 11.3 Å². The van der Waals surface area contributed by atoms with E-state index < -0.39 is 0 Å². The average Bonchev–Trinajstić information content (AvgIpc) is 2.99. The van der Waals surface area contributed by atoms with Crippen molar-refractivity contribution in [2.24, 2.45) is 5.92 Å². The maximum Gasteiger partial charge on any atom is 0.251 e. The summed E-state index contributed by atoms with van der Waals surface area (Å²) in [5.74, 6) is 0.192. The smallest absolute Gasteiger partial charge is 0.251 e. The van der Waals surface area contributed by atoms with Crippen LogP contribution in [0.25, 0.3) is 11.3 Å². The van der Waals surface area contributed by atoms with Crippen LogP contribution in [0, 0.1) is 5.92 Å². The van der Waals surface area contributed by atoms with E-state index in [0.29, 0.717) is 18.5 Å². The van der Waals surface area contributed by atoms with Crippen LogP contribution in [0.1, 0.15) is 23.7 Å². The number of carbonyl (C=O) groups is 1. The van der Waals surface area contributed by atoms with Crippen LogP contribution >= 0.6 is 11.3 Å². The molecule has 0 aliphatic heterocycles. The van der Waals surface area contributed by atoms with Crippen LogP contribution in [-0.2, 0) is 0 Å². The molecule has 0 fully saturated rings. The quantitative estimate of drug-likeness (QED) is 0.859. The van der Waals surface area contributed by atoms with Crippen molar-refractivity contribution in [2.45, 2.75) is 13.3 Å². The summed E-state index contributed by atoms with van der Waals surface area (Å²) in [4.78, 5) is 16.2. The summed E-state index contributed by atoms with van der Waals surface area (Å²) in [5, 5.41) is 13.7. The van der Waals surface area contributed by atoms with E-state index in [0.717, 1.165) is 11.3 Å². The predicted octanol–water partition coefficient (Wildman–Crippen LogP) is 2.56. The molecular formula is C15H18N2O2S. The van der Waals surface area contributed by atoms with E-state index in [1.807, 2.05) is 24.4 Å². The van der Waals surface area contributed by atoms with Crippen molar-refractivity contribution in [3.63, 3.8) is 0 Å². The summed E-state index contributed by atoms with van der Waals surface area (Å²) in [5.41, 5.74) is 4.37. The Labute approximate surface area is 122 Å². The van der Waals surface area contributed by atoms with Gasteiger partial charge in [-0.05, 0) is 24.5 Å². The number of aliphatic hydroxyl groups excluding tert-OH is 1. The standard InChI is InChI=1S/C15H18N2O2S/c1-11(6-7-18)8-16-15(19)13-4-2-12(3-5-13)14-9-20-10-17-14/h2-5,9-11,18H,6-8H2,1H3,(H,16,19). The van der Waals surface area contributed by atoms with Crippen LogP contribution in [-0.4, -0.2) is 29.1 Å². The molecule has 1 heterocycles. The molecule has 1 aromatic carbocycles. The molecule has 1 amide bonds. The van der Waals surface area contributed by atoms with Gasteiger partial charge in [-0.2, -0.15) is 0 Å². The molecule has 20 heavy (non-hydrogen) atoms. The van der Waals surface area contributed by atoms with Gasteiger partial charge < -0.3 is 10.4 Å². The number of amides is 1. The normalized spacial score (nSPS) is 12.1. The number of nitrogens with zero attached hydrogens (tertiary/aromatic N) is 1. The summed E-state index contributed by atoms with van der Waals surface area (Å²) >= 11 is 1.55. The second kappa shape index (κ2) is 7.17. The first kappa shape index (κ1) is 14.7. The zero-order valence-corrected chi connectivity index (χ0v) is 12.2. The van der Waals surface area contributed by atoms with Gasteiger partial charge >= 0.3 is 0 Å². The van der Waals surface area contributed by atoms with E-state index in [2.05, 4.69) is 10.3 Å². The minimum atomic E-state index is -0.0837. The number of carbonyl (C=O) groups excluding carboxylic acids is 1. The largest absolute Gasteiger partial charge is 0.396 e. The van der Waals surface area contributed by atoms with Gasteiger partial charge in [0.05, 0.1) is 11.2 Å². The van der Waals surface area contributed by atoms with Gasteiger partial charge in [0.25, 0.3) is 5.91 Å². The second-order valence-electron chi connectivity index (χ2n) is 4.78. The van der Waals surface area contributed by atoms with E-state index in [1.165, 1.54) is 0 Å². The number of benzene rings is 1. The van der Waals surface area contributed by atoms with Crippen LogP contribution in [0.15, 0.2) is 35.2 Å². The molecule has 0 aliphatic carbocycles. The van der Waals surface area contributed by atoms with Crippen LogP contribution < -0.4 is 5.32 Å². The number of nitrogens with one attached hydrogen (secondary N) is 1. The Bertz CT molecular complexity index is 538. The number of hydrogen-bond donors (Lipinski definition) is 2. The third kappa shape index (κ3) is 3.88. The maximum absolute atomic E-state index is 12.0. The molecule has 0 aliphatic rings. The van der Waals surface area contributed by atoms with E-state index in [1.54, 1.807) is 29.0 Å². The van der Waals surface area contributed by atoms with Crippen LogP contribution in [0.3, 0.4) is 0 Å². The van der Waals surface area contributed by atoms with Crippen molar-refractivity contribution in [2.75, 3.05) is 13.2 Å². The van der Waals surface area contributed by atoms with Gasteiger partial charge in [-0.1, -0.05) is 19.1 Å². The molecule has 0 bridgehead atoms. The number of rotatable bonds is 6. The second-order valence-corrected chi connectivity index (χ2v) is 5.50. The molecular weight excluding hydrogens is 272 g/mol. The van der Waals surface area contributed by atoms with Gasteiger partial charge in [-0.3, -0.25) is 4.79 Å². The van der Waals surface area contributed by atoms with Crippen LogP contribution in [0.2, 0.25) is 0 Å². The van der Waals surface area contributed by atoms with Crippen molar-refractivity contribution >= 4 is 17.2 Å². The molecule has 0 radical (unpaired) electrons. The Kier molecular flexibility index (Phi) is 5.26. The van der Waals surface area contributed by atoms with E-state index in [4.69, 9.17) is 5.11 Å². The molecule has 2 aromatic rings. The summed E-state index contributed by atoms with van der Waals surface area (Å²) < 4.78 is 0. The molecule has 106 valence electrons. The molecule has 2 rings (SSSR count). The van der Waals surface area contributed by atoms with Crippen LogP contribution in [0.5, 0.6) is 0 Å². The first-order valence-corrected chi connectivity index (χ1v) is 7.52. The molecule has 0 saturated heterocycles. The number of thiazole rings is 1. The lowest BCUT2D eigenvalue weighted by molar-refractivity contribution is 0.0945. The highest BCUT2D eigenvalue weighted by Crippen LogP contribution is 2.19. The number of aromatic nitrogens is 1. The van der Waals surface area contributed by atoms with Gasteiger partial charge in [0.2, 0.25) is 0 Å². The van der Waals surface area contributed by atoms with Crippen molar-refractivity contribution in [1.82, 2.24) is 10.3 Å². The summed E-state index contributed by atoms with van der Waals surface area (Å²) in [7, 11) is 0. The Morgan fingerprint density at radius 2 is 2.15 bits per heavy atom. The van der Waals surface area contributed by atoms with Crippen molar-refractivity contribution in [1.29, 1.82) is 0 Å². The topological polar surface area (TPSA) is 62.2 Å². The lowest BCUT2D eigenvalue weighted by atomic mass is 10.1. The average molecular weight is 290 g/mol. The Morgan fingerprint density at radius 3 is 2.75 bits per heavy atom. The summed E-state index contributed by atoms with van der Waals surface area (Å²) in [6.45, 7) is 2.73. The fourth-order valence-corrected chi connectivity index (χ4v) is 2.40. The van der Waals surface area contributed by atoms with E-state index in [9.17, 15) is 4.79 Å². The fourth-order valence-electron chi connectivity index (χ4n) is 1.84. The molecule has 1 atom stereocenters. The maximum atomic E-state index is 12.0. The first-order valence-electron chi connectivity index (χ1n) is 6.58. The van der Waals surface area contributed by atoms with Gasteiger partial charge in [-0.15, -0.1) is 11.3 Å². The minimum Gasteiger partial charge on any atom is -0.396 e. The van der Waals surface area contributed by atoms with E-state index in [-0.39, 0.29) is 18.4 Å². The SMILES string of the molecule is CC(CCO)CNC(=O)c1ccc(-c2cscn2)cc1. The van der Waals surface area contributed by atoms with Crippen molar-refractivity contribution in [3.05, 3.63) is 40.7 Å². The van der Waals surface area contributed by atoms with Gasteiger partial charge in [0, 0.05) is 29.7 Å². The third-order valence-corrected chi connectivity index (χ3v) is 3.69. The Morgan fingerprint density at radius 1 is 1.40 bits per heavy atom. The number of hydrogen-bond acceptors (Lipinski definition) is 4. The highest BCUT2D eigenvalue weighted by atomic mass is 32.1.